The van der Waals surface area contributed by atoms with Gasteiger partial charge in [-0.05, 0) is 32.1 Å². The predicted octanol–water partition coefficient (Wildman–Crippen LogP) is 1.72. The molecule has 0 aliphatic carbocycles. The summed E-state index contributed by atoms with van der Waals surface area (Å²) in [5.41, 5.74) is 1.13. The number of hydrogen-bond acceptors (Lipinski definition) is 4. The van der Waals surface area contributed by atoms with E-state index in [-0.39, 0.29) is 0 Å². The average molecular weight is 262 g/mol. The highest BCUT2D eigenvalue weighted by atomic mass is 15.3. The minimum absolute atomic E-state index is 0.646. The van der Waals surface area contributed by atoms with Crippen LogP contribution in [0.3, 0.4) is 0 Å². The second-order valence-electron chi connectivity index (χ2n) is 5.26. The number of piperazine rings is 1. The van der Waals surface area contributed by atoms with Gasteiger partial charge < -0.3 is 10.2 Å². The fourth-order valence-corrected chi connectivity index (χ4v) is 2.59. The van der Waals surface area contributed by atoms with Crippen molar-refractivity contribution >= 4 is 5.82 Å². The van der Waals surface area contributed by atoms with Crippen LogP contribution in [0.5, 0.6) is 0 Å². The first-order valence-corrected chi connectivity index (χ1v) is 7.36. The van der Waals surface area contributed by atoms with Crippen molar-refractivity contribution in [3.8, 4) is 0 Å². The molecule has 106 valence electrons. The second kappa shape index (κ2) is 6.87. The van der Waals surface area contributed by atoms with Gasteiger partial charge in [0, 0.05) is 32.2 Å². The number of likely N-dealkylation sites (N-methyl/N-ethyl adjacent to an activating group) is 1. The van der Waals surface area contributed by atoms with Crippen LogP contribution in [0.25, 0.3) is 0 Å². The summed E-state index contributed by atoms with van der Waals surface area (Å²) < 4.78 is 0. The lowest BCUT2D eigenvalue weighted by Crippen LogP contribution is -2.51. The van der Waals surface area contributed by atoms with Crippen LogP contribution >= 0.6 is 0 Å². The summed E-state index contributed by atoms with van der Waals surface area (Å²) in [4.78, 5) is 9.65. The minimum atomic E-state index is 0.646. The molecular formula is C15H26N4. The number of nitrogens with zero attached hydrogens (tertiary/aromatic N) is 3. The Morgan fingerprint density at radius 2 is 2.16 bits per heavy atom. The Bertz CT molecular complexity index is 393. The molecule has 1 aromatic heterocycles. The fourth-order valence-electron chi connectivity index (χ4n) is 2.59. The molecule has 1 N–H and O–H groups in total. The monoisotopic (exact) mass is 262 g/mol. The van der Waals surface area contributed by atoms with Crippen molar-refractivity contribution in [1.82, 2.24) is 15.2 Å². The van der Waals surface area contributed by atoms with Gasteiger partial charge in [-0.2, -0.15) is 0 Å². The van der Waals surface area contributed by atoms with Crippen LogP contribution in [0.4, 0.5) is 5.82 Å². The largest absolute Gasteiger partial charge is 0.354 e. The summed E-state index contributed by atoms with van der Waals surface area (Å²) >= 11 is 0. The van der Waals surface area contributed by atoms with E-state index in [9.17, 15) is 0 Å². The lowest BCUT2D eigenvalue weighted by molar-refractivity contribution is 0.213. The molecule has 2 heterocycles. The maximum atomic E-state index is 4.77. The lowest BCUT2D eigenvalue weighted by atomic mass is 10.1. The van der Waals surface area contributed by atoms with Crippen LogP contribution in [-0.2, 0) is 6.54 Å². The van der Waals surface area contributed by atoms with Crippen LogP contribution in [0.2, 0.25) is 0 Å². The third-order valence-corrected chi connectivity index (χ3v) is 3.92. The normalized spacial score (nSPS) is 20.8. The molecular weight excluding hydrogens is 236 g/mol. The highest BCUT2D eigenvalue weighted by Gasteiger charge is 2.23. The number of pyridine rings is 1. The molecule has 1 aliphatic heterocycles. The predicted molar refractivity (Wildman–Crippen MR) is 80.5 cm³/mol. The first kappa shape index (κ1) is 14.3. The zero-order chi connectivity index (χ0) is 13.7. The maximum absolute atomic E-state index is 4.77. The van der Waals surface area contributed by atoms with Gasteiger partial charge in [-0.3, -0.25) is 4.90 Å². The molecule has 0 bridgehead atoms. The van der Waals surface area contributed by atoms with E-state index in [1.54, 1.807) is 0 Å². The van der Waals surface area contributed by atoms with Crippen LogP contribution in [0.1, 0.15) is 26.0 Å². The minimum Gasteiger partial charge on any atom is -0.354 e. The molecule has 1 atom stereocenters. The standard InChI is InChI=1S/C15H26N4/c1-4-14-12-19(10-9-18(14)3)15-8-6-7-13(17-15)11-16-5-2/h6-8,14,16H,4-5,9-12H2,1-3H3. The smallest absolute Gasteiger partial charge is 0.128 e. The van der Waals surface area contributed by atoms with Crippen LogP contribution in [-0.4, -0.2) is 49.2 Å². The van der Waals surface area contributed by atoms with Gasteiger partial charge in [-0.1, -0.05) is 19.9 Å². The topological polar surface area (TPSA) is 31.4 Å². The zero-order valence-electron chi connectivity index (χ0n) is 12.4. The summed E-state index contributed by atoms with van der Waals surface area (Å²) in [5, 5.41) is 3.33. The summed E-state index contributed by atoms with van der Waals surface area (Å²) in [6.45, 7) is 9.51. The van der Waals surface area contributed by atoms with E-state index >= 15 is 0 Å². The molecule has 1 unspecified atom stereocenters. The maximum Gasteiger partial charge on any atom is 0.128 e. The van der Waals surface area contributed by atoms with E-state index in [1.165, 1.54) is 6.42 Å². The number of rotatable bonds is 5. The Balaban J connectivity index is 2.04. The molecule has 0 aromatic carbocycles. The molecule has 0 amide bonds. The first-order valence-electron chi connectivity index (χ1n) is 7.36. The number of hydrogen-bond donors (Lipinski definition) is 1. The third-order valence-electron chi connectivity index (χ3n) is 3.92. The Hall–Kier alpha value is -1.13. The molecule has 0 radical (unpaired) electrons. The van der Waals surface area contributed by atoms with E-state index < -0.39 is 0 Å². The van der Waals surface area contributed by atoms with Gasteiger partial charge in [0.05, 0.1) is 5.69 Å². The average Bonchev–Trinajstić information content (AvgIpc) is 2.46. The van der Waals surface area contributed by atoms with Crippen molar-refractivity contribution in [2.45, 2.75) is 32.9 Å². The van der Waals surface area contributed by atoms with Crippen molar-refractivity contribution in [3.63, 3.8) is 0 Å². The fraction of sp³-hybridized carbons (Fsp3) is 0.667. The van der Waals surface area contributed by atoms with E-state index in [4.69, 9.17) is 4.98 Å². The van der Waals surface area contributed by atoms with E-state index in [2.05, 4.69) is 54.2 Å². The molecule has 0 saturated carbocycles. The van der Waals surface area contributed by atoms with Gasteiger partial charge >= 0.3 is 0 Å². The van der Waals surface area contributed by atoms with Crippen molar-refractivity contribution in [2.75, 3.05) is 38.1 Å². The Morgan fingerprint density at radius 1 is 1.32 bits per heavy atom. The van der Waals surface area contributed by atoms with Crippen LogP contribution in [0, 0.1) is 0 Å². The highest BCUT2D eigenvalue weighted by Crippen LogP contribution is 2.18. The van der Waals surface area contributed by atoms with Crippen molar-refractivity contribution in [1.29, 1.82) is 0 Å². The van der Waals surface area contributed by atoms with E-state index in [0.717, 1.165) is 44.2 Å². The molecule has 4 nitrogen and oxygen atoms in total. The Kier molecular flexibility index (Phi) is 5.16. The van der Waals surface area contributed by atoms with Crippen molar-refractivity contribution in [3.05, 3.63) is 23.9 Å². The molecule has 1 fully saturated rings. The molecule has 1 aromatic rings. The van der Waals surface area contributed by atoms with Crippen molar-refractivity contribution in [2.24, 2.45) is 0 Å². The molecule has 19 heavy (non-hydrogen) atoms. The SMILES string of the molecule is CCNCc1cccc(N2CCN(C)C(CC)C2)n1. The first-order chi connectivity index (χ1) is 9.24. The zero-order valence-corrected chi connectivity index (χ0v) is 12.4. The Morgan fingerprint density at radius 3 is 2.89 bits per heavy atom. The van der Waals surface area contributed by atoms with Gasteiger partial charge in [-0.15, -0.1) is 0 Å². The summed E-state index contributed by atoms with van der Waals surface area (Å²) in [6.07, 6.45) is 1.20. The van der Waals surface area contributed by atoms with Gasteiger partial charge in [0.15, 0.2) is 0 Å². The lowest BCUT2D eigenvalue weighted by Gasteiger charge is -2.39. The molecule has 2 rings (SSSR count). The number of aromatic nitrogens is 1. The van der Waals surface area contributed by atoms with Crippen LogP contribution < -0.4 is 10.2 Å². The number of nitrogens with one attached hydrogen (secondary N) is 1. The van der Waals surface area contributed by atoms with E-state index in [1.807, 2.05) is 0 Å². The van der Waals surface area contributed by atoms with E-state index in [0.29, 0.717) is 6.04 Å². The summed E-state index contributed by atoms with van der Waals surface area (Å²) in [5.74, 6) is 1.13. The van der Waals surface area contributed by atoms with Gasteiger partial charge in [0.2, 0.25) is 0 Å². The summed E-state index contributed by atoms with van der Waals surface area (Å²) in [6, 6.07) is 6.99. The molecule has 0 spiro atoms. The quantitative estimate of drug-likeness (QED) is 0.875. The van der Waals surface area contributed by atoms with Gasteiger partial charge in [0.25, 0.3) is 0 Å². The van der Waals surface area contributed by atoms with Gasteiger partial charge in [-0.25, -0.2) is 4.98 Å². The summed E-state index contributed by atoms with van der Waals surface area (Å²) in [7, 11) is 2.22. The third kappa shape index (κ3) is 3.67. The van der Waals surface area contributed by atoms with Crippen LogP contribution in [0.15, 0.2) is 18.2 Å². The molecule has 1 saturated heterocycles. The number of anilines is 1. The molecule has 1 aliphatic rings. The van der Waals surface area contributed by atoms with Crippen molar-refractivity contribution < 1.29 is 0 Å². The highest BCUT2D eigenvalue weighted by molar-refractivity contribution is 5.40. The van der Waals surface area contributed by atoms with Gasteiger partial charge in [0.1, 0.15) is 5.82 Å². The Labute approximate surface area is 116 Å². The second-order valence-corrected chi connectivity index (χ2v) is 5.26. The molecule has 4 heteroatoms.